The third kappa shape index (κ3) is 8.85. The van der Waals surface area contributed by atoms with Crippen LogP contribution in [0.15, 0.2) is 54.6 Å². The fourth-order valence-corrected chi connectivity index (χ4v) is 3.68. The Bertz CT molecular complexity index is 873. The molecule has 0 fully saturated rings. The van der Waals surface area contributed by atoms with E-state index in [2.05, 4.69) is 34.6 Å². The van der Waals surface area contributed by atoms with Gasteiger partial charge < -0.3 is 14.2 Å². The third-order valence-electron chi connectivity index (χ3n) is 6.37. The van der Waals surface area contributed by atoms with E-state index >= 15 is 0 Å². The normalized spacial score (nSPS) is 12.9. The van der Waals surface area contributed by atoms with Gasteiger partial charge in [-0.3, -0.25) is 0 Å². The molecule has 0 saturated heterocycles. The summed E-state index contributed by atoms with van der Waals surface area (Å²) in [5.74, 6) is 0.669. The average Bonchev–Trinajstić information content (AvgIpc) is 2.83. The molecule has 0 spiro atoms. The van der Waals surface area contributed by atoms with E-state index in [-0.39, 0.29) is 25.1 Å². The molecule has 1 unspecified atom stereocenters. The highest BCUT2D eigenvalue weighted by Gasteiger charge is 2.37. The van der Waals surface area contributed by atoms with Crippen LogP contribution in [0.2, 0.25) is 0 Å². The Morgan fingerprint density at radius 1 is 0.882 bits per heavy atom. The monoisotopic (exact) mass is 468 g/mol. The number of unbranched alkanes of at least 4 members (excludes halogenated alkanes) is 1. The zero-order valence-electron chi connectivity index (χ0n) is 21.3. The Labute approximate surface area is 204 Å². The first kappa shape index (κ1) is 27.4. The number of ether oxygens (including phenoxy) is 3. The molecule has 0 aromatic heterocycles. The fourth-order valence-electron chi connectivity index (χ4n) is 3.68. The van der Waals surface area contributed by atoms with E-state index in [0.717, 1.165) is 32.1 Å². The van der Waals surface area contributed by atoms with E-state index in [9.17, 15) is 9.59 Å². The van der Waals surface area contributed by atoms with Crippen LogP contribution in [0.1, 0.15) is 76.2 Å². The summed E-state index contributed by atoms with van der Waals surface area (Å²) >= 11 is 0. The maximum Gasteiger partial charge on any atom is 0.513 e. The molecule has 0 aliphatic carbocycles. The standard InChI is InChI=1S/C29H40O5/c1-6-7-11-24-14-16-25(17-15-24)27(30)32-20-29(23(4)5,19-18-22(2)3)21-33-28(31)34-26-12-9-8-10-13-26/h8-10,12-17,22-23H,6-7,11,18-21H2,1-5H3. The van der Waals surface area contributed by atoms with Crippen LogP contribution in [0, 0.1) is 17.3 Å². The molecule has 0 N–H and O–H groups in total. The van der Waals surface area contributed by atoms with Crippen LogP contribution in [0.5, 0.6) is 5.75 Å². The first-order chi connectivity index (χ1) is 16.3. The van der Waals surface area contributed by atoms with Crippen LogP contribution in [0.3, 0.4) is 0 Å². The van der Waals surface area contributed by atoms with E-state index in [1.165, 1.54) is 5.56 Å². The topological polar surface area (TPSA) is 61.8 Å². The van der Waals surface area contributed by atoms with Crippen LogP contribution in [0.25, 0.3) is 0 Å². The van der Waals surface area contributed by atoms with Crippen molar-refractivity contribution in [3.05, 3.63) is 65.7 Å². The lowest BCUT2D eigenvalue weighted by molar-refractivity contribution is -0.0299. The van der Waals surface area contributed by atoms with Crippen molar-refractivity contribution in [2.45, 2.75) is 66.7 Å². The number of para-hydroxylation sites is 1. The first-order valence-corrected chi connectivity index (χ1v) is 12.4. The van der Waals surface area contributed by atoms with E-state index in [1.807, 2.05) is 30.3 Å². The van der Waals surface area contributed by atoms with Crippen molar-refractivity contribution in [3.63, 3.8) is 0 Å². The van der Waals surface area contributed by atoms with Crippen molar-refractivity contribution in [1.29, 1.82) is 0 Å². The number of benzene rings is 2. The molecule has 0 radical (unpaired) electrons. The minimum atomic E-state index is -0.755. The lowest BCUT2D eigenvalue weighted by Gasteiger charge is -2.37. The molecule has 0 saturated carbocycles. The van der Waals surface area contributed by atoms with Crippen LogP contribution >= 0.6 is 0 Å². The van der Waals surface area contributed by atoms with Crippen molar-refractivity contribution in [2.75, 3.05) is 13.2 Å². The molecule has 34 heavy (non-hydrogen) atoms. The summed E-state index contributed by atoms with van der Waals surface area (Å²) in [6, 6.07) is 16.5. The molecule has 0 bridgehead atoms. The summed E-state index contributed by atoms with van der Waals surface area (Å²) in [7, 11) is 0. The van der Waals surface area contributed by atoms with Crippen molar-refractivity contribution < 1.29 is 23.8 Å². The van der Waals surface area contributed by atoms with Crippen LogP contribution in [-0.4, -0.2) is 25.3 Å². The summed E-state index contributed by atoms with van der Waals surface area (Å²) < 4.78 is 16.6. The van der Waals surface area contributed by atoms with Gasteiger partial charge in [0.25, 0.3) is 0 Å². The van der Waals surface area contributed by atoms with E-state index in [4.69, 9.17) is 14.2 Å². The molecule has 0 aliphatic rings. The highest BCUT2D eigenvalue weighted by molar-refractivity contribution is 5.89. The van der Waals surface area contributed by atoms with Gasteiger partial charge in [0, 0.05) is 5.41 Å². The number of hydrogen-bond acceptors (Lipinski definition) is 5. The molecule has 5 nitrogen and oxygen atoms in total. The zero-order valence-corrected chi connectivity index (χ0v) is 21.3. The van der Waals surface area contributed by atoms with E-state index in [1.54, 1.807) is 24.3 Å². The maximum absolute atomic E-state index is 12.8. The highest BCUT2D eigenvalue weighted by atomic mass is 16.7. The molecular weight excluding hydrogens is 428 g/mol. The van der Waals surface area contributed by atoms with Gasteiger partial charge >= 0.3 is 12.1 Å². The number of aryl methyl sites for hydroxylation is 1. The Hall–Kier alpha value is -2.82. The van der Waals surface area contributed by atoms with Crippen LogP contribution in [-0.2, 0) is 15.9 Å². The van der Waals surface area contributed by atoms with Gasteiger partial charge in [-0.05, 0) is 60.9 Å². The molecular formula is C29H40O5. The quantitative estimate of drug-likeness (QED) is 0.225. The number of carbonyl (C=O) groups excluding carboxylic acids is 2. The summed E-state index contributed by atoms with van der Waals surface area (Å²) in [5, 5.41) is 0. The van der Waals surface area contributed by atoms with Crippen molar-refractivity contribution in [2.24, 2.45) is 17.3 Å². The zero-order chi connectivity index (χ0) is 25.0. The summed E-state index contributed by atoms with van der Waals surface area (Å²) in [4.78, 5) is 25.1. The lowest BCUT2D eigenvalue weighted by atomic mass is 9.74. The number of esters is 1. The maximum atomic E-state index is 12.8. The average molecular weight is 469 g/mol. The largest absolute Gasteiger partial charge is 0.513 e. The molecule has 186 valence electrons. The molecule has 5 heteroatoms. The number of hydrogen-bond donors (Lipinski definition) is 0. The van der Waals surface area contributed by atoms with Gasteiger partial charge in [0.2, 0.25) is 0 Å². The van der Waals surface area contributed by atoms with Crippen molar-refractivity contribution in [3.8, 4) is 5.75 Å². The molecule has 1 atom stereocenters. The fraction of sp³-hybridized carbons (Fsp3) is 0.517. The van der Waals surface area contributed by atoms with Gasteiger partial charge in [-0.25, -0.2) is 9.59 Å². The predicted molar refractivity (Wildman–Crippen MR) is 135 cm³/mol. The van der Waals surface area contributed by atoms with E-state index < -0.39 is 11.6 Å². The SMILES string of the molecule is CCCCc1ccc(C(=O)OCC(CCC(C)C)(COC(=O)Oc2ccccc2)C(C)C)cc1. The summed E-state index contributed by atoms with van der Waals surface area (Å²) in [6.07, 6.45) is 4.22. The van der Waals surface area contributed by atoms with E-state index in [0.29, 0.717) is 17.2 Å². The second-order valence-corrected chi connectivity index (χ2v) is 9.78. The van der Waals surface area contributed by atoms with Crippen LogP contribution in [0.4, 0.5) is 4.79 Å². The second kappa shape index (κ2) is 13.8. The Balaban J connectivity index is 2.06. The van der Waals surface area contributed by atoms with Gasteiger partial charge in [-0.2, -0.15) is 0 Å². The molecule has 0 aliphatic heterocycles. The Kier molecular flexibility index (Phi) is 11.1. The van der Waals surface area contributed by atoms with Gasteiger partial charge in [0.15, 0.2) is 0 Å². The van der Waals surface area contributed by atoms with Crippen molar-refractivity contribution in [1.82, 2.24) is 0 Å². The minimum Gasteiger partial charge on any atom is -0.461 e. The summed E-state index contributed by atoms with van der Waals surface area (Å²) in [6.45, 7) is 10.9. The number of carbonyl (C=O) groups is 2. The molecule has 2 rings (SSSR count). The minimum absolute atomic E-state index is 0.117. The number of rotatable bonds is 13. The summed E-state index contributed by atoms with van der Waals surface area (Å²) in [5.41, 5.74) is 1.25. The lowest BCUT2D eigenvalue weighted by Crippen LogP contribution is -2.40. The molecule has 0 heterocycles. The highest BCUT2D eigenvalue weighted by Crippen LogP contribution is 2.36. The van der Waals surface area contributed by atoms with Gasteiger partial charge in [-0.1, -0.05) is 77.8 Å². The van der Waals surface area contributed by atoms with Gasteiger partial charge in [0.1, 0.15) is 19.0 Å². The molecule has 2 aromatic rings. The molecule has 0 amide bonds. The van der Waals surface area contributed by atoms with Crippen molar-refractivity contribution >= 4 is 12.1 Å². The Morgan fingerprint density at radius 3 is 2.12 bits per heavy atom. The predicted octanol–water partition coefficient (Wildman–Crippen LogP) is 7.48. The third-order valence-corrected chi connectivity index (χ3v) is 6.37. The second-order valence-electron chi connectivity index (χ2n) is 9.78. The van der Waals surface area contributed by atoms with Crippen LogP contribution < -0.4 is 4.74 Å². The van der Waals surface area contributed by atoms with Gasteiger partial charge in [0.05, 0.1) is 5.56 Å². The first-order valence-electron chi connectivity index (χ1n) is 12.4. The smallest absolute Gasteiger partial charge is 0.461 e. The molecule has 2 aromatic carbocycles. The Morgan fingerprint density at radius 2 is 1.53 bits per heavy atom. The van der Waals surface area contributed by atoms with Gasteiger partial charge in [-0.15, -0.1) is 0 Å².